The minimum Gasteiger partial charge on any atom is -0.444 e. The number of amides is 2. The lowest BCUT2D eigenvalue weighted by Gasteiger charge is -2.37. The van der Waals surface area contributed by atoms with Crippen LogP contribution in [0.15, 0.2) is 24.4 Å². The Kier molecular flexibility index (Phi) is 9.86. The quantitative estimate of drug-likeness (QED) is 0.538. The molecule has 2 aliphatic rings. The third-order valence-electron chi connectivity index (χ3n) is 5.94. The van der Waals surface area contributed by atoms with Crippen LogP contribution in [0, 0.1) is 11.3 Å². The highest BCUT2D eigenvalue weighted by atomic mass is 35.5. The average Bonchev–Trinajstić information content (AvgIpc) is 2.87. The molecule has 212 valence electrons. The predicted octanol–water partition coefficient (Wildman–Crippen LogP) is 4.64. The van der Waals surface area contributed by atoms with Crippen LogP contribution in [0.1, 0.15) is 47.1 Å². The summed E-state index contributed by atoms with van der Waals surface area (Å²) in [6.45, 7) is 16.7. The van der Waals surface area contributed by atoms with E-state index in [0.717, 1.165) is 42.8 Å². The van der Waals surface area contributed by atoms with Gasteiger partial charge in [0, 0.05) is 69.0 Å². The lowest BCUT2D eigenvalue weighted by atomic mass is 10.1. The van der Waals surface area contributed by atoms with Crippen LogP contribution in [-0.2, 0) is 9.47 Å². The summed E-state index contributed by atoms with van der Waals surface area (Å²) in [6.07, 6.45) is 1.08. The fraction of sp³-hybridized carbons (Fsp3) is 0.571. The molecule has 0 atom stereocenters. The molecule has 2 saturated heterocycles. The molecule has 0 unspecified atom stereocenters. The SMILES string of the molecule is CC(C)(C)OC(=O)N1CCN(c2c(C#N)cnc3ccc(Cl)cc23)CC1.CC(C)(C)OC(=O)N1CCNCC1. The van der Waals surface area contributed by atoms with E-state index >= 15 is 0 Å². The molecule has 0 bridgehead atoms. The summed E-state index contributed by atoms with van der Waals surface area (Å²) in [5.74, 6) is 0. The van der Waals surface area contributed by atoms with Crippen LogP contribution in [0.5, 0.6) is 0 Å². The second kappa shape index (κ2) is 12.7. The Hall–Kier alpha value is -3.29. The minimum absolute atomic E-state index is 0.200. The van der Waals surface area contributed by atoms with E-state index in [2.05, 4.69) is 21.3 Å². The number of anilines is 1. The molecule has 39 heavy (non-hydrogen) atoms. The van der Waals surface area contributed by atoms with Crippen molar-refractivity contribution in [2.75, 3.05) is 57.3 Å². The van der Waals surface area contributed by atoms with Crippen molar-refractivity contribution in [3.05, 3.63) is 35.0 Å². The van der Waals surface area contributed by atoms with Gasteiger partial charge in [0.05, 0.1) is 16.8 Å². The number of nitrogens with one attached hydrogen (secondary N) is 1. The number of piperazine rings is 2. The maximum atomic E-state index is 12.2. The molecular weight excluding hydrogens is 520 g/mol. The molecule has 2 fully saturated rings. The Balaban J connectivity index is 0.000000272. The van der Waals surface area contributed by atoms with Crippen molar-refractivity contribution >= 4 is 40.4 Å². The maximum absolute atomic E-state index is 12.2. The number of nitrogens with zero attached hydrogens (tertiary/aromatic N) is 5. The number of carbonyl (C=O) groups excluding carboxylic acids is 2. The van der Waals surface area contributed by atoms with Gasteiger partial charge in [0.2, 0.25) is 0 Å². The number of hydrogen-bond donors (Lipinski definition) is 1. The Labute approximate surface area is 235 Å². The molecule has 1 N–H and O–H groups in total. The number of benzene rings is 1. The van der Waals surface area contributed by atoms with Crippen LogP contribution >= 0.6 is 11.6 Å². The average molecular weight is 559 g/mol. The van der Waals surface area contributed by atoms with Crippen LogP contribution in [0.4, 0.5) is 15.3 Å². The lowest BCUT2D eigenvalue weighted by Crippen LogP contribution is -2.50. The molecule has 2 aromatic rings. The van der Waals surface area contributed by atoms with Gasteiger partial charge in [-0.1, -0.05) is 11.6 Å². The van der Waals surface area contributed by atoms with E-state index < -0.39 is 5.60 Å². The first kappa shape index (κ1) is 30.3. The zero-order valence-corrected chi connectivity index (χ0v) is 24.5. The largest absolute Gasteiger partial charge is 0.444 e. The van der Waals surface area contributed by atoms with Crippen LogP contribution in [0.25, 0.3) is 10.9 Å². The van der Waals surface area contributed by atoms with Gasteiger partial charge in [0.15, 0.2) is 0 Å². The van der Waals surface area contributed by atoms with E-state index in [4.69, 9.17) is 21.1 Å². The Morgan fingerprint density at radius 3 is 1.97 bits per heavy atom. The fourth-order valence-electron chi connectivity index (χ4n) is 4.19. The number of hydrogen-bond acceptors (Lipinski definition) is 8. The Bertz CT molecular complexity index is 1200. The van der Waals surface area contributed by atoms with Crippen molar-refractivity contribution in [1.82, 2.24) is 20.1 Å². The molecule has 2 amide bonds. The third-order valence-corrected chi connectivity index (χ3v) is 6.17. The molecule has 1 aromatic carbocycles. The number of halogens is 1. The highest BCUT2D eigenvalue weighted by molar-refractivity contribution is 6.31. The fourth-order valence-corrected chi connectivity index (χ4v) is 4.36. The van der Waals surface area contributed by atoms with Crippen LogP contribution in [0.3, 0.4) is 0 Å². The number of nitriles is 1. The van der Waals surface area contributed by atoms with Crippen LogP contribution in [-0.4, -0.2) is 90.5 Å². The van der Waals surface area contributed by atoms with Gasteiger partial charge in [0.25, 0.3) is 0 Å². The monoisotopic (exact) mass is 558 g/mol. The molecular formula is C28H39ClN6O4. The molecule has 0 saturated carbocycles. The number of aromatic nitrogens is 1. The minimum atomic E-state index is -0.514. The summed E-state index contributed by atoms with van der Waals surface area (Å²) in [4.78, 5) is 33.6. The van der Waals surface area contributed by atoms with Gasteiger partial charge in [0.1, 0.15) is 17.3 Å². The first-order valence-corrected chi connectivity index (χ1v) is 13.5. The summed E-state index contributed by atoms with van der Waals surface area (Å²) in [5, 5.41) is 14.1. The second-order valence-corrected chi connectivity index (χ2v) is 11.9. The molecule has 0 aliphatic carbocycles. The standard InChI is InChI=1S/C19H21ClN4O2.C9H18N2O2/c1-19(2,3)26-18(25)24-8-6-23(7-9-24)17-13(11-21)12-22-16-5-4-14(20)10-15(16)17;1-9(2,3)13-8(12)11-6-4-10-5-7-11/h4-5,10,12H,6-9H2,1-3H3;10H,4-7H2,1-3H3. The van der Waals surface area contributed by atoms with Gasteiger partial charge in [-0.3, -0.25) is 4.98 Å². The van der Waals surface area contributed by atoms with E-state index in [1.165, 1.54) is 0 Å². The van der Waals surface area contributed by atoms with E-state index in [1.54, 1.807) is 22.1 Å². The Morgan fingerprint density at radius 1 is 0.923 bits per heavy atom. The van der Waals surface area contributed by atoms with E-state index in [-0.39, 0.29) is 17.8 Å². The van der Waals surface area contributed by atoms with Gasteiger partial charge in [-0.15, -0.1) is 0 Å². The second-order valence-electron chi connectivity index (χ2n) is 11.5. The van der Waals surface area contributed by atoms with Gasteiger partial charge >= 0.3 is 12.2 Å². The number of rotatable bonds is 1. The number of ether oxygens (including phenoxy) is 2. The zero-order chi connectivity index (χ0) is 28.8. The van der Waals surface area contributed by atoms with E-state index in [0.29, 0.717) is 36.8 Å². The van der Waals surface area contributed by atoms with Crippen molar-refractivity contribution in [2.24, 2.45) is 0 Å². The molecule has 0 spiro atoms. The van der Waals surface area contributed by atoms with Crippen molar-refractivity contribution in [3.63, 3.8) is 0 Å². The molecule has 10 nitrogen and oxygen atoms in total. The van der Waals surface area contributed by atoms with Gasteiger partial charge < -0.3 is 29.5 Å². The first-order valence-electron chi connectivity index (χ1n) is 13.2. The summed E-state index contributed by atoms with van der Waals surface area (Å²) >= 11 is 6.15. The third kappa shape index (κ3) is 8.87. The van der Waals surface area contributed by atoms with Crippen molar-refractivity contribution in [2.45, 2.75) is 52.7 Å². The Morgan fingerprint density at radius 2 is 1.46 bits per heavy atom. The number of carbonyl (C=O) groups is 2. The summed E-state index contributed by atoms with van der Waals surface area (Å²) < 4.78 is 10.7. The molecule has 2 aliphatic heterocycles. The molecule has 0 radical (unpaired) electrons. The smallest absolute Gasteiger partial charge is 0.410 e. The molecule has 4 rings (SSSR count). The van der Waals surface area contributed by atoms with Crippen molar-refractivity contribution in [3.8, 4) is 6.07 Å². The summed E-state index contributed by atoms with van der Waals surface area (Å²) in [5.41, 5.74) is 1.22. The van der Waals surface area contributed by atoms with Crippen molar-refractivity contribution < 1.29 is 19.1 Å². The van der Waals surface area contributed by atoms with Crippen molar-refractivity contribution in [1.29, 1.82) is 5.26 Å². The summed E-state index contributed by atoms with van der Waals surface area (Å²) in [6, 6.07) is 7.68. The number of pyridine rings is 1. The normalized spacial score (nSPS) is 16.2. The molecule has 11 heteroatoms. The van der Waals surface area contributed by atoms with Crippen LogP contribution in [0.2, 0.25) is 5.02 Å². The summed E-state index contributed by atoms with van der Waals surface area (Å²) in [7, 11) is 0. The first-order chi connectivity index (χ1) is 18.3. The van der Waals surface area contributed by atoms with Crippen LogP contribution < -0.4 is 10.2 Å². The van der Waals surface area contributed by atoms with Gasteiger partial charge in [-0.25, -0.2) is 9.59 Å². The lowest BCUT2D eigenvalue weighted by molar-refractivity contribution is 0.0223. The molecule has 1 aromatic heterocycles. The zero-order valence-electron chi connectivity index (χ0n) is 23.7. The predicted molar refractivity (Wildman–Crippen MR) is 152 cm³/mol. The maximum Gasteiger partial charge on any atom is 0.410 e. The van der Waals surface area contributed by atoms with E-state index in [9.17, 15) is 14.9 Å². The molecule has 3 heterocycles. The van der Waals surface area contributed by atoms with E-state index in [1.807, 2.05) is 53.7 Å². The topological polar surface area (TPSA) is 111 Å². The van der Waals surface area contributed by atoms with Gasteiger partial charge in [-0.05, 0) is 59.7 Å². The van der Waals surface area contributed by atoms with Gasteiger partial charge in [-0.2, -0.15) is 5.26 Å². The number of fused-ring (bicyclic) bond motifs is 1. The highest BCUT2D eigenvalue weighted by Gasteiger charge is 2.28. The highest BCUT2D eigenvalue weighted by Crippen LogP contribution is 2.32.